The van der Waals surface area contributed by atoms with E-state index in [1.807, 2.05) is 24.3 Å². The van der Waals surface area contributed by atoms with Crippen LogP contribution in [0.2, 0.25) is 5.02 Å². The SMILES string of the molecule is Fc1ccc(CCNc2cnnc(NCCc3ccc(Cl)cc3)n2)cc1. The van der Waals surface area contributed by atoms with Crippen molar-refractivity contribution in [2.24, 2.45) is 0 Å². The highest BCUT2D eigenvalue weighted by Crippen LogP contribution is 2.10. The first-order valence-corrected chi connectivity index (χ1v) is 8.73. The second-order valence-corrected chi connectivity index (χ2v) is 6.21. The molecule has 0 unspecified atom stereocenters. The van der Waals surface area contributed by atoms with Gasteiger partial charge in [-0.25, -0.2) is 4.39 Å². The monoisotopic (exact) mass is 371 g/mol. The first-order chi connectivity index (χ1) is 12.7. The Morgan fingerprint density at radius 1 is 0.846 bits per heavy atom. The van der Waals surface area contributed by atoms with E-state index in [1.165, 1.54) is 17.7 Å². The molecule has 134 valence electrons. The minimum absolute atomic E-state index is 0.226. The third kappa shape index (κ3) is 5.67. The molecule has 7 heteroatoms. The molecule has 0 saturated heterocycles. The van der Waals surface area contributed by atoms with Gasteiger partial charge in [-0.05, 0) is 48.2 Å². The van der Waals surface area contributed by atoms with Gasteiger partial charge in [-0.2, -0.15) is 10.1 Å². The van der Waals surface area contributed by atoms with Gasteiger partial charge in [0.05, 0.1) is 6.20 Å². The van der Waals surface area contributed by atoms with Crippen molar-refractivity contribution in [2.45, 2.75) is 12.8 Å². The van der Waals surface area contributed by atoms with Crippen LogP contribution in [0.4, 0.5) is 16.2 Å². The van der Waals surface area contributed by atoms with E-state index < -0.39 is 0 Å². The number of aromatic nitrogens is 3. The summed E-state index contributed by atoms with van der Waals surface area (Å²) in [6, 6.07) is 14.2. The lowest BCUT2D eigenvalue weighted by Crippen LogP contribution is -2.12. The van der Waals surface area contributed by atoms with Gasteiger partial charge in [0, 0.05) is 18.1 Å². The predicted octanol–water partition coefficient (Wildman–Crippen LogP) is 3.97. The number of hydrogen-bond acceptors (Lipinski definition) is 5. The quantitative estimate of drug-likeness (QED) is 0.627. The van der Waals surface area contributed by atoms with Crippen LogP contribution >= 0.6 is 11.6 Å². The van der Waals surface area contributed by atoms with Gasteiger partial charge in [-0.1, -0.05) is 35.9 Å². The molecule has 26 heavy (non-hydrogen) atoms. The van der Waals surface area contributed by atoms with E-state index in [-0.39, 0.29) is 5.82 Å². The molecule has 0 bridgehead atoms. The zero-order valence-corrected chi connectivity index (χ0v) is 14.9. The molecule has 0 aliphatic carbocycles. The average Bonchev–Trinajstić information content (AvgIpc) is 2.65. The van der Waals surface area contributed by atoms with Crippen molar-refractivity contribution in [3.63, 3.8) is 0 Å². The summed E-state index contributed by atoms with van der Waals surface area (Å²) in [7, 11) is 0. The summed E-state index contributed by atoms with van der Waals surface area (Å²) in [6.45, 7) is 1.37. The number of halogens is 2. The van der Waals surface area contributed by atoms with Crippen molar-refractivity contribution in [2.75, 3.05) is 23.7 Å². The van der Waals surface area contributed by atoms with Crippen LogP contribution in [0.15, 0.2) is 54.7 Å². The van der Waals surface area contributed by atoms with Crippen LogP contribution in [0.3, 0.4) is 0 Å². The van der Waals surface area contributed by atoms with Crippen molar-refractivity contribution in [3.05, 3.63) is 76.7 Å². The number of nitrogens with one attached hydrogen (secondary N) is 2. The van der Waals surface area contributed by atoms with Gasteiger partial charge in [0.2, 0.25) is 5.95 Å². The number of rotatable bonds is 8. The summed E-state index contributed by atoms with van der Waals surface area (Å²) in [5.74, 6) is 0.901. The molecule has 1 heterocycles. The Morgan fingerprint density at radius 3 is 2.15 bits per heavy atom. The molecule has 0 atom stereocenters. The fourth-order valence-corrected chi connectivity index (χ4v) is 2.55. The Kier molecular flexibility index (Phi) is 6.33. The largest absolute Gasteiger partial charge is 0.368 e. The highest BCUT2D eigenvalue weighted by molar-refractivity contribution is 6.30. The molecule has 2 N–H and O–H groups in total. The third-order valence-corrected chi connectivity index (χ3v) is 4.05. The minimum atomic E-state index is -0.226. The van der Waals surface area contributed by atoms with Crippen LogP contribution in [-0.4, -0.2) is 28.3 Å². The van der Waals surface area contributed by atoms with Crippen LogP contribution in [0.1, 0.15) is 11.1 Å². The Bertz CT molecular complexity index is 757. The van der Waals surface area contributed by atoms with E-state index in [0.29, 0.717) is 24.9 Å². The van der Waals surface area contributed by atoms with Gasteiger partial charge < -0.3 is 10.6 Å². The molecule has 0 radical (unpaired) electrons. The normalized spacial score (nSPS) is 10.5. The molecule has 0 aliphatic rings. The molecule has 3 rings (SSSR count). The fourth-order valence-electron chi connectivity index (χ4n) is 2.42. The van der Waals surface area contributed by atoms with Gasteiger partial charge >= 0.3 is 0 Å². The molecule has 3 aromatic rings. The summed E-state index contributed by atoms with van der Waals surface area (Å²) in [5.41, 5.74) is 2.24. The molecule has 1 aromatic heterocycles. The van der Waals surface area contributed by atoms with Gasteiger partial charge in [0.15, 0.2) is 5.82 Å². The summed E-state index contributed by atoms with van der Waals surface area (Å²) in [6.07, 6.45) is 3.18. The van der Waals surface area contributed by atoms with E-state index in [9.17, 15) is 4.39 Å². The molecule has 0 amide bonds. The Morgan fingerprint density at radius 2 is 1.46 bits per heavy atom. The maximum absolute atomic E-state index is 12.9. The molecule has 0 saturated carbocycles. The minimum Gasteiger partial charge on any atom is -0.368 e. The van der Waals surface area contributed by atoms with Crippen molar-refractivity contribution in [1.82, 2.24) is 15.2 Å². The van der Waals surface area contributed by atoms with Crippen LogP contribution in [0.5, 0.6) is 0 Å². The lowest BCUT2D eigenvalue weighted by Gasteiger charge is -2.08. The maximum atomic E-state index is 12.9. The van der Waals surface area contributed by atoms with Crippen LogP contribution in [0.25, 0.3) is 0 Å². The topological polar surface area (TPSA) is 62.7 Å². The van der Waals surface area contributed by atoms with Gasteiger partial charge in [0.25, 0.3) is 0 Å². The number of nitrogens with zero attached hydrogens (tertiary/aromatic N) is 3. The highest BCUT2D eigenvalue weighted by atomic mass is 35.5. The molecule has 0 spiro atoms. The van der Waals surface area contributed by atoms with Crippen LogP contribution in [0, 0.1) is 5.82 Å². The maximum Gasteiger partial charge on any atom is 0.244 e. The van der Waals surface area contributed by atoms with E-state index in [4.69, 9.17) is 11.6 Å². The second-order valence-electron chi connectivity index (χ2n) is 5.77. The summed E-state index contributed by atoms with van der Waals surface area (Å²) in [5, 5.41) is 15.0. The Labute approximate surface area is 156 Å². The summed E-state index contributed by atoms with van der Waals surface area (Å²) in [4.78, 5) is 4.39. The molecular formula is C19H19ClFN5. The molecule has 2 aromatic carbocycles. The average molecular weight is 372 g/mol. The molecule has 5 nitrogen and oxygen atoms in total. The van der Waals surface area contributed by atoms with Crippen molar-refractivity contribution >= 4 is 23.4 Å². The lowest BCUT2D eigenvalue weighted by molar-refractivity contribution is 0.627. The van der Waals surface area contributed by atoms with Gasteiger partial charge in [-0.15, -0.1) is 5.10 Å². The summed E-state index contributed by atoms with van der Waals surface area (Å²) >= 11 is 5.88. The Hall–Kier alpha value is -2.73. The van der Waals surface area contributed by atoms with E-state index in [0.717, 1.165) is 23.4 Å². The molecule has 0 aliphatic heterocycles. The van der Waals surface area contributed by atoms with E-state index in [1.54, 1.807) is 18.3 Å². The predicted molar refractivity (Wildman–Crippen MR) is 102 cm³/mol. The number of hydrogen-bond donors (Lipinski definition) is 2. The van der Waals surface area contributed by atoms with Crippen LogP contribution < -0.4 is 10.6 Å². The zero-order valence-electron chi connectivity index (χ0n) is 14.1. The van der Waals surface area contributed by atoms with Gasteiger partial charge in [-0.3, -0.25) is 0 Å². The second kappa shape index (κ2) is 9.10. The van der Waals surface area contributed by atoms with Crippen LogP contribution in [-0.2, 0) is 12.8 Å². The first kappa shape index (κ1) is 18.1. The number of anilines is 2. The highest BCUT2D eigenvalue weighted by Gasteiger charge is 2.01. The lowest BCUT2D eigenvalue weighted by atomic mass is 10.1. The van der Waals surface area contributed by atoms with Gasteiger partial charge in [0.1, 0.15) is 5.82 Å². The number of benzene rings is 2. The Balaban J connectivity index is 1.45. The third-order valence-electron chi connectivity index (χ3n) is 3.80. The standard InChI is InChI=1S/C19H19ClFN5/c20-16-5-1-14(2-6-16)10-12-23-19-25-18(13-24-26-19)22-11-9-15-3-7-17(21)8-4-15/h1-8,13H,9-12H2,(H2,22,23,25,26). The fraction of sp³-hybridized carbons (Fsp3) is 0.211. The van der Waals surface area contributed by atoms with Crippen molar-refractivity contribution < 1.29 is 4.39 Å². The molecule has 0 fully saturated rings. The van der Waals surface area contributed by atoms with E-state index >= 15 is 0 Å². The first-order valence-electron chi connectivity index (χ1n) is 8.35. The smallest absolute Gasteiger partial charge is 0.244 e. The summed E-state index contributed by atoms with van der Waals surface area (Å²) < 4.78 is 12.9. The molecular weight excluding hydrogens is 353 g/mol. The van der Waals surface area contributed by atoms with Crippen molar-refractivity contribution in [1.29, 1.82) is 0 Å². The zero-order chi connectivity index (χ0) is 18.2. The van der Waals surface area contributed by atoms with E-state index in [2.05, 4.69) is 25.8 Å². The van der Waals surface area contributed by atoms with Crippen molar-refractivity contribution in [3.8, 4) is 0 Å².